The average molecular weight is 454 g/mol. The van der Waals surface area contributed by atoms with Crippen molar-refractivity contribution < 1.29 is 0 Å². The molecule has 0 fully saturated rings. The highest BCUT2D eigenvalue weighted by atomic mass is 79.9. The Kier molecular flexibility index (Phi) is 4.56. The Labute approximate surface area is 186 Å². The number of rotatable bonds is 2. The van der Waals surface area contributed by atoms with Crippen LogP contribution in [-0.2, 0) is 5.41 Å². The third-order valence-electron chi connectivity index (χ3n) is 5.83. The van der Waals surface area contributed by atoms with Gasteiger partial charge in [0, 0.05) is 20.9 Å². The lowest BCUT2D eigenvalue weighted by Gasteiger charge is -2.19. The second-order valence-corrected chi connectivity index (χ2v) is 9.81. The zero-order valence-electron chi connectivity index (χ0n) is 17.5. The second-order valence-electron chi connectivity index (χ2n) is 8.89. The number of hydrogen-bond donors (Lipinski definition) is 0. The van der Waals surface area contributed by atoms with Gasteiger partial charge in [-0.1, -0.05) is 85.2 Å². The molecule has 148 valence electrons. The van der Waals surface area contributed by atoms with Crippen LogP contribution in [0.1, 0.15) is 26.3 Å². The molecule has 0 saturated carbocycles. The lowest BCUT2D eigenvalue weighted by Crippen LogP contribution is -2.10. The summed E-state index contributed by atoms with van der Waals surface area (Å²) >= 11 is 3.67. The Morgan fingerprint density at radius 3 is 1.90 bits per heavy atom. The molecule has 2 heteroatoms. The van der Waals surface area contributed by atoms with E-state index in [4.69, 9.17) is 0 Å². The standard InChI is InChI=1S/C28H24BrN/c1-28(2,3)21-11-15-26-24(17-21)25-18-22(29)12-16-27(25)30(26)23-13-9-20(10-14-23)19-7-5-4-6-8-19/h4-18H,1-3H3. The van der Waals surface area contributed by atoms with Crippen molar-refractivity contribution in [1.82, 2.24) is 4.57 Å². The Bertz CT molecular complexity index is 1350. The summed E-state index contributed by atoms with van der Waals surface area (Å²) in [6.45, 7) is 6.81. The van der Waals surface area contributed by atoms with E-state index in [-0.39, 0.29) is 5.41 Å². The number of benzene rings is 4. The van der Waals surface area contributed by atoms with E-state index in [0.717, 1.165) is 4.47 Å². The van der Waals surface area contributed by atoms with Crippen LogP contribution in [0, 0.1) is 0 Å². The molecule has 30 heavy (non-hydrogen) atoms. The highest BCUT2D eigenvalue weighted by Crippen LogP contribution is 2.36. The van der Waals surface area contributed by atoms with Gasteiger partial charge in [-0.25, -0.2) is 0 Å². The minimum Gasteiger partial charge on any atom is -0.309 e. The highest BCUT2D eigenvalue weighted by molar-refractivity contribution is 9.10. The predicted molar refractivity (Wildman–Crippen MR) is 133 cm³/mol. The molecular weight excluding hydrogens is 430 g/mol. The molecule has 0 N–H and O–H groups in total. The molecule has 0 spiro atoms. The van der Waals surface area contributed by atoms with Crippen molar-refractivity contribution in [3.63, 3.8) is 0 Å². The molecule has 0 saturated heterocycles. The molecule has 0 aliphatic carbocycles. The maximum Gasteiger partial charge on any atom is 0.0541 e. The van der Waals surface area contributed by atoms with Crippen LogP contribution in [-0.4, -0.2) is 4.57 Å². The van der Waals surface area contributed by atoms with E-state index in [9.17, 15) is 0 Å². The van der Waals surface area contributed by atoms with E-state index in [1.807, 2.05) is 0 Å². The van der Waals surface area contributed by atoms with E-state index in [1.54, 1.807) is 0 Å². The molecule has 0 amide bonds. The first-order valence-corrected chi connectivity index (χ1v) is 11.1. The Morgan fingerprint density at radius 2 is 1.23 bits per heavy atom. The fraction of sp³-hybridized carbons (Fsp3) is 0.143. The Balaban J connectivity index is 1.74. The molecule has 0 unspecified atom stereocenters. The first-order chi connectivity index (χ1) is 14.4. The van der Waals surface area contributed by atoms with Gasteiger partial charge in [-0.05, 0) is 64.6 Å². The minimum atomic E-state index is 0.117. The predicted octanol–water partition coefficient (Wildman–Crippen LogP) is 8.51. The van der Waals surface area contributed by atoms with Crippen molar-refractivity contribution in [1.29, 1.82) is 0 Å². The highest BCUT2D eigenvalue weighted by Gasteiger charge is 2.18. The van der Waals surface area contributed by atoms with Crippen molar-refractivity contribution in [3.8, 4) is 16.8 Å². The molecule has 1 heterocycles. The van der Waals surface area contributed by atoms with E-state index >= 15 is 0 Å². The quantitative estimate of drug-likeness (QED) is 0.252. The SMILES string of the molecule is CC(C)(C)c1ccc2c(c1)c1cc(Br)ccc1n2-c1ccc(-c2ccccc2)cc1. The molecule has 0 atom stereocenters. The smallest absolute Gasteiger partial charge is 0.0541 e. The average Bonchev–Trinajstić information content (AvgIpc) is 3.07. The summed E-state index contributed by atoms with van der Waals surface area (Å²) in [6.07, 6.45) is 0. The van der Waals surface area contributed by atoms with Gasteiger partial charge >= 0.3 is 0 Å². The van der Waals surface area contributed by atoms with Crippen LogP contribution in [0.25, 0.3) is 38.6 Å². The van der Waals surface area contributed by atoms with Crippen molar-refractivity contribution in [2.24, 2.45) is 0 Å². The third-order valence-corrected chi connectivity index (χ3v) is 6.32. The molecule has 5 rings (SSSR count). The van der Waals surface area contributed by atoms with E-state index in [2.05, 4.69) is 132 Å². The number of fused-ring (bicyclic) bond motifs is 3. The molecule has 0 bridgehead atoms. The van der Waals surface area contributed by atoms with Crippen LogP contribution in [0.3, 0.4) is 0 Å². The van der Waals surface area contributed by atoms with Crippen molar-refractivity contribution in [2.45, 2.75) is 26.2 Å². The summed E-state index contributed by atoms with van der Waals surface area (Å²) in [5.41, 5.74) is 7.60. The summed E-state index contributed by atoms with van der Waals surface area (Å²) in [6, 6.07) is 32.9. The van der Waals surface area contributed by atoms with Gasteiger partial charge in [0.1, 0.15) is 0 Å². The maximum atomic E-state index is 3.67. The summed E-state index contributed by atoms with van der Waals surface area (Å²) < 4.78 is 3.48. The van der Waals surface area contributed by atoms with Gasteiger partial charge in [-0.2, -0.15) is 0 Å². The van der Waals surface area contributed by atoms with Gasteiger partial charge in [0.15, 0.2) is 0 Å². The van der Waals surface area contributed by atoms with Crippen LogP contribution in [0.15, 0.2) is 95.5 Å². The summed E-state index contributed by atoms with van der Waals surface area (Å²) in [4.78, 5) is 0. The lowest BCUT2D eigenvalue weighted by molar-refractivity contribution is 0.591. The zero-order chi connectivity index (χ0) is 20.9. The number of aromatic nitrogens is 1. The topological polar surface area (TPSA) is 4.93 Å². The largest absolute Gasteiger partial charge is 0.309 e. The van der Waals surface area contributed by atoms with Crippen LogP contribution >= 0.6 is 15.9 Å². The van der Waals surface area contributed by atoms with Gasteiger partial charge in [-0.15, -0.1) is 0 Å². The summed E-state index contributed by atoms with van der Waals surface area (Å²) in [5.74, 6) is 0. The van der Waals surface area contributed by atoms with Crippen molar-refractivity contribution in [3.05, 3.63) is 101 Å². The number of nitrogens with zero attached hydrogens (tertiary/aromatic N) is 1. The van der Waals surface area contributed by atoms with Crippen LogP contribution in [0.2, 0.25) is 0 Å². The first-order valence-electron chi connectivity index (χ1n) is 10.3. The van der Waals surface area contributed by atoms with Crippen LogP contribution in [0.5, 0.6) is 0 Å². The van der Waals surface area contributed by atoms with Gasteiger partial charge < -0.3 is 4.57 Å². The van der Waals surface area contributed by atoms with E-state index in [0.29, 0.717) is 0 Å². The molecular formula is C28H24BrN. The molecule has 0 radical (unpaired) electrons. The van der Waals surface area contributed by atoms with Crippen molar-refractivity contribution in [2.75, 3.05) is 0 Å². The Hall–Kier alpha value is -2.84. The van der Waals surface area contributed by atoms with Gasteiger partial charge in [-0.3, -0.25) is 0 Å². The van der Waals surface area contributed by atoms with E-state index in [1.165, 1.54) is 44.2 Å². The molecule has 5 aromatic rings. The second kappa shape index (κ2) is 7.14. The Morgan fingerprint density at radius 1 is 0.633 bits per heavy atom. The number of hydrogen-bond acceptors (Lipinski definition) is 0. The molecule has 1 aromatic heterocycles. The first kappa shape index (κ1) is 19.1. The lowest BCUT2D eigenvalue weighted by atomic mass is 9.86. The van der Waals surface area contributed by atoms with Gasteiger partial charge in [0.2, 0.25) is 0 Å². The van der Waals surface area contributed by atoms with E-state index < -0.39 is 0 Å². The molecule has 0 aliphatic rings. The maximum absolute atomic E-state index is 3.67. The normalized spacial score (nSPS) is 12.0. The minimum absolute atomic E-state index is 0.117. The third kappa shape index (κ3) is 3.26. The number of halogens is 1. The molecule has 4 aromatic carbocycles. The summed E-state index contributed by atoms with van der Waals surface area (Å²) in [7, 11) is 0. The zero-order valence-corrected chi connectivity index (χ0v) is 19.1. The van der Waals surface area contributed by atoms with Gasteiger partial charge in [0.05, 0.1) is 11.0 Å². The van der Waals surface area contributed by atoms with Crippen molar-refractivity contribution >= 4 is 37.7 Å². The molecule has 0 aliphatic heterocycles. The molecule has 1 nitrogen and oxygen atoms in total. The summed E-state index contributed by atoms with van der Waals surface area (Å²) in [5, 5.41) is 2.57. The fourth-order valence-corrected chi connectivity index (χ4v) is 4.53. The van der Waals surface area contributed by atoms with Gasteiger partial charge in [0.25, 0.3) is 0 Å². The van der Waals surface area contributed by atoms with Crippen LogP contribution < -0.4 is 0 Å². The monoisotopic (exact) mass is 453 g/mol. The van der Waals surface area contributed by atoms with Crippen LogP contribution in [0.4, 0.5) is 0 Å². The fourth-order valence-electron chi connectivity index (χ4n) is 4.17.